The number of methoxy groups -OCH3 is 2. The summed E-state index contributed by atoms with van der Waals surface area (Å²) < 4.78 is 39.8. The smallest absolute Gasteiger partial charge is 0.264 e. The standard InChI is InChI=1S/C30H35Cl2N3O6S/c1-5-6-16-33-30(37)21(2)34(19-22-12-13-23(31)17-26(22)32)29(36)20-35(42(38,39)25-10-8-7-9-11-25)27-18-24(40-3)14-15-28(27)41-4/h7-15,17-18,21H,5-6,16,19-20H2,1-4H3,(H,33,37). The highest BCUT2D eigenvalue weighted by Crippen LogP contribution is 2.36. The number of hydrogen-bond donors (Lipinski definition) is 1. The number of halogens is 2. The number of anilines is 1. The van der Waals surface area contributed by atoms with E-state index in [1.54, 1.807) is 55.5 Å². The van der Waals surface area contributed by atoms with Gasteiger partial charge in [0.25, 0.3) is 10.0 Å². The molecule has 0 aromatic heterocycles. The maximum atomic E-state index is 14.1. The first kappa shape index (κ1) is 33.0. The second-order valence-corrected chi connectivity index (χ2v) is 12.1. The van der Waals surface area contributed by atoms with Crippen LogP contribution in [0.15, 0.2) is 71.6 Å². The average Bonchev–Trinajstić information content (AvgIpc) is 2.99. The van der Waals surface area contributed by atoms with Gasteiger partial charge in [-0.2, -0.15) is 0 Å². The Morgan fingerprint density at radius 2 is 1.69 bits per heavy atom. The summed E-state index contributed by atoms with van der Waals surface area (Å²) in [6, 6.07) is 16.3. The van der Waals surface area contributed by atoms with E-state index in [9.17, 15) is 18.0 Å². The highest BCUT2D eigenvalue weighted by atomic mass is 35.5. The molecule has 0 radical (unpaired) electrons. The molecule has 0 aliphatic rings. The van der Waals surface area contributed by atoms with Crippen LogP contribution in [0.3, 0.4) is 0 Å². The molecule has 0 aliphatic carbocycles. The molecular weight excluding hydrogens is 601 g/mol. The van der Waals surface area contributed by atoms with Gasteiger partial charge >= 0.3 is 0 Å². The number of carbonyl (C=O) groups is 2. The zero-order chi connectivity index (χ0) is 30.9. The van der Waals surface area contributed by atoms with E-state index in [1.807, 2.05) is 6.92 Å². The predicted octanol–water partition coefficient (Wildman–Crippen LogP) is 5.54. The number of amides is 2. The normalized spacial score (nSPS) is 11.9. The van der Waals surface area contributed by atoms with Gasteiger partial charge in [0.05, 0.1) is 24.8 Å². The lowest BCUT2D eigenvalue weighted by Gasteiger charge is -2.32. The van der Waals surface area contributed by atoms with Gasteiger partial charge in [0.15, 0.2) is 0 Å². The Morgan fingerprint density at radius 3 is 2.31 bits per heavy atom. The SMILES string of the molecule is CCCCNC(=O)C(C)N(Cc1ccc(Cl)cc1Cl)C(=O)CN(c1cc(OC)ccc1OC)S(=O)(=O)c1ccccc1. The van der Waals surface area contributed by atoms with Crippen molar-refractivity contribution in [1.29, 1.82) is 0 Å². The Hall–Kier alpha value is -3.47. The third kappa shape index (κ3) is 8.08. The van der Waals surface area contributed by atoms with Crippen molar-refractivity contribution >= 4 is 50.7 Å². The minimum Gasteiger partial charge on any atom is -0.497 e. The van der Waals surface area contributed by atoms with Crippen LogP contribution in [-0.2, 0) is 26.2 Å². The van der Waals surface area contributed by atoms with E-state index in [4.69, 9.17) is 32.7 Å². The molecule has 1 unspecified atom stereocenters. The zero-order valence-corrected chi connectivity index (χ0v) is 26.3. The fourth-order valence-electron chi connectivity index (χ4n) is 4.18. The predicted molar refractivity (Wildman–Crippen MR) is 165 cm³/mol. The quantitative estimate of drug-likeness (QED) is 0.233. The minimum atomic E-state index is -4.28. The van der Waals surface area contributed by atoms with Crippen LogP contribution < -0.4 is 19.1 Å². The van der Waals surface area contributed by atoms with Crippen molar-refractivity contribution in [3.05, 3.63) is 82.3 Å². The summed E-state index contributed by atoms with van der Waals surface area (Å²) in [5.74, 6) is -0.442. The molecule has 3 rings (SSSR count). The van der Waals surface area contributed by atoms with E-state index in [0.29, 0.717) is 27.9 Å². The molecule has 3 aromatic rings. The lowest BCUT2D eigenvalue weighted by atomic mass is 10.1. The van der Waals surface area contributed by atoms with Gasteiger partial charge in [-0.15, -0.1) is 0 Å². The fourth-order valence-corrected chi connectivity index (χ4v) is 6.08. The Bertz CT molecular complexity index is 1490. The molecule has 9 nitrogen and oxygen atoms in total. The first-order chi connectivity index (χ1) is 20.0. The van der Waals surface area contributed by atoms with Crippen LogP contribution in [-0.4, -0.2) is 58.5 Å². The second kappa shape index (κ2) is 15.1. The summed E-state index contributed by atoms with van der Waals surface area (Å²) in [5.41, 5.74) is 0.637. The first-order valence-corrected chi connectivity index (χ1v) is 15.5. The Kier molecular flexibility index (Phi) is 11.9. The van der Waals surface area contributed by atoms with Gasteiger partial charge in [-0.05, 0) is 55.3 Å². The van der Waals surface area contributed by atoms with Crippen LogP contribution in [0, 0.1) is 0 Å². The molecule has 2 amide bonds. The van der Waals surface area contributed by atoms with Gasteiger partial charge in [0.1, 0.15) is 24.1 Å². The maximum absolute atomic E-state index is 14.1. The zero-order valence-electron chi connectivity index (χ0n) is 24.0. The third-order valence-electron chi connectivity index (χ3n) is 6.62. The van der Waals surface area contributed by atoms with Crippen LogP contribution in [0.4, 0.5) is 5.69 Å². The fraction of sp³-hybridized carbons (Fsp3) is 0.333. The van der Waals surface area contributed by atoms with Crippen molar-refractivity contribution in [3.8, 4) is 11.5 Å². The summed E-state index contributed by atoms with van der Waals surface area (Å²) in [5, 5.41) is 3.57. The maximum Gasteiger partial charge on any atom is 0.264 e. The Labute approximate surface area is 257 Å². The van der Waals surface area contributed by atoms with E-state index in [-0.39, 0.29) is 28.8 Å². The largest absolute Gasteiger partial charge is 0.497 e. The van der Waals surface area contributed by atoms with E-state index >= 15 is 0 Å². The highest BCUT2D eigenvalue weighted by Gasteiger charge is 2.34. The molecule has 0 aliphatic heterocycles. The van der Waals surface area contributed by atoms with Crippen molar-refractivity contribution in [3.63, 3.8) is 0 Å². The lowest BCUT2D eigenvalue weighted by Crippen LogP contribution is -2.51. The van der Waals surface area contributed by atoms with Crippen LogP contribution in [0.25, 0.3) is 0 Å². The first-order valence-electron chi connectivity index (χ1n) is 13.3. The second-order valence-electron chi connectivity index (χ2n) is 9.44. The van der Waals surface area contributed by atoms with Crippen LogP contribution in [0.2, 0.25) is 10.0 Å². The summed E-state index contributed by atoms with van der Waals surface area (Å²) in [6.45, 7) is 3.33. The van der Waals surface area contributed by atoms with Gasteiger partial charge in [-0.3, -0.25) is 13.9 Å². The summed E-state index contributed by atoms with van der Waals surface area (Å²) in [4.78, 5) is 28.5. The van der Waals surface area contributed by atoms with Gasteiger partial charge in [-0.1, -0.05) is 60.8 Å². The van der Waals surface area contributed by atoms with Gasteiger partial charge in [0.2, 0.25) is 11.8 Å². The molecule has 0 saturated heterocycles. The molecular formula is C30H35Cl2N3O6S. The van der Waals surface area contributed by atoms with Crippen molar-refractivity contribution in [2.75, 3.05) is 31.6 Å². The topological polar surface area (TPSA) is 105 Å². The van der Waals surface area contributed by atoms with Crippen molar-refractivity contribution in [2.45, 2.75) is 44.2 Å². The molecule has 12 heteroatoms. The van der Waals surface area contributed by atoms with Crippen LogP contribution in [0.1, 0.15) is 32.3 Å². The molecule has 1 N–H and O–H groups in total. The monoisotopic (exact) mass is 635 g/mol. The number of hydrogen-bond acceptors (Lipinski definition) is 6. The Balaban J connectivity index is 2.10. The number of sulfonamides is 1. The van der Waals surface area contributed by atoms with E-state index in [1.165, 1.54) is 37.3 Å². The molecule has 226 valence electrons. The summed E-state index contributed by atoms with van der Waals surface area (Å²) in [7, 11) is -1.44. The van der Waals surface area contributed by atoms with E-state index in [0.717, 1.165) is 17.1 Å². The van der Waals surface area contributed by atoms with Crippen molar-refractivity contribution < 1.29 is 27.5 Å². The summed E-state index contributed by atoms with van der Waals surface area (Å²) >= 11 is 12.5. The number of nitrogens with zero attached hydrogens (tertiary/aromatic N) is 2. The number of ether oxygens (including phenoxy) is 2. The molecule has 0 heterocycles. The van der Waals surface area contributed by atoms with Crippen LogP contribution in [0.5, 0.6) is 11.5 Å². The molecule has 42 heavy (non-hydrogen) atoms. The molecule has 3 aromatic carbocycles. The molecule has 1 atom stereocenters. The third-order valence-corrected chi connectivity index (χ3v) is 8.98. The summed E-state index contributed by atoms with van der Waals surface area (Å²) in [6.07, 6.45) is 1.65. The van der Waals surface area contributed by atoms with E-state index in [2.05, 4.69) is 5.32 Å². The number of nitrogens with one attached hydrogen (secondary N) is 1. The minimum absolute atomic E-state index is 0.0275. The van der Waals surface area contributed by atoms with Gasteiger partial charge < -0.3 is 19.7 Å². The van der Waals surface area contributed by atoms with Gasteiger partial charge in [-0.25, -0.2) is 8.42 Å². The van der Waals surface area contributed by atoms with Gasteiger partial charge in [0, 0.05) is 29.2 Å². The Morgan fingerprint density at radius 1 is 0.976 bits per heavy atom. The number of rotatable bonds is 14. The molecule has 0 bridgehead atoms. The molecule has 0 fully saturated rings. The highest BCUT2D eigenvalue weighted by molar-refractivity contribution is 7.92. The number of carbonyl (C=O) groups excluding carboxylic acids is 2. The molecule has 0 saturated carbocycles. The van der Waals surface area contributed by atoms with Crippen molar-refractivity contribution in [1.82, 2.24) is 10.2 Å². The average molecular weight is 637 g/mol. The number of benzene rings is 3. The molecule has 0 spiro atoms. The van der Waals surface area contributed by atoms with Crippen molar-refractivity contribution in [2.24, 2.45) is 0 Å². The van der Waals surface area contributed by atoms with Crippen LogP contribution >= 0.6 is 23.2 Å². The number of unbranched alkanes of at least 4 members (excludes halogenated alkanes) is 1. The van der Waals surface area contributed by atoms with E-state index < -0.39 is 28.5 Å². The lowest BCUT2D eigenvalue weighted by molar-refractivity contribution is -0.139.